The predicted molar refractivity (Wildman–Crippen MR) is 109 cm³/mol. The van der Waals surface area contributed by atoms with Gasteiger partial charge in [-0.05, 0) is 13.8 Å². The fourth-order valence-electron chi connectivity index (χ4n) is 3.38. The fraction of sp³-hybridized carbons (Fsp3) is 0.474. The third-order valence-corrected chi connectivity index (χ3v) is 6.00. The lowest BCUT2D eigenvalue weighted by Gasteiger charge is -2.36. The van der Waals surface area contributed by atoms with Crippen LogP contribution in [-0.4, -0.2) is 62.9 Å². The monoisotopic (exact) mass is 399 g/mol. The van der Waals surface area contributed by atoms with E-state index in [1.807, 2.05) is 12.1 Å². The predicted octanol–water partition coefficient (Wildman–Crippen LogP) is 2.40. The standard InChI is InChI=1S/C19H25N7OS/c1-13-3-5-15(6-4-13)17-21-18(27-24-17)14(2)26-11-9-25(10-12-26)8-7-16-22-23-19(20)28-16/h3-6,14H,7-12H2,1-2H3,(H2,20,23). The second-order valence-corrected chi connectivity index (χ2v) is 8.25. The molecule has 1 aliphatic rings. The van der Waals surface area contributed by atoms with Gasteiger partial charge in [-0.3, -0.25) is 4.90 Å². The van der Waals surface area contributed by atoms with Gasteiger partial charge in [0.05, 0.1) is 6.04 Å². The van der Waals surface area contributed by atoms with Gasteiger partial charge < -0.3 is 15.2 Å². The molecule has 1 fully saturated rings. The molecule has 8 nitrogen and oxygen atoms in total. The summed E-state index contributed by atoms with van der Waals surface area (Å²) in [5.41, 5.74) is 7.84. The molecule has 2 aromatic heterocycles. The second kappa shape index (κ2) is 8.34. The van der Waals surface area contributed by atoms with Gasteiger partial charge in [0.25, 0.3) is 0 Å². The highest BCUT2D eigenvalue weighted by Crippen LogP contribution is 2.24. The summed E-state index contributed by atoms with van der Waals surface area (Å²) in [6.45, 7) is 9.15. The van der Waals surface area contributed by atoms with Crippen molar-refractivity contribution in [3.05, 3.63) is 40.7 Å². The van der Waals surface area contributed by atoms with Crippen molar-refractivity contribution in [3.8, 4) is 11.4 Å². The molecule has 0 radical (unpaired) electrons. The minimum atomic E-state index is 0.108. The Morgan fingerprint density at radius 1 is 1.14 bits per heavy atom. The quantitative estimate of drug-likeness (QED) is 0.675. The SMILES string of the molecule is Cc1ccc(-c2noc(C(C)N3CCN(CCc4nnc(N)s4)CC3)n2)cc1. The van der Waals surface area contributed by atoms with Crippen LogP contribution in [0, 0.1) is 6.92 Å². The van der Waals surface area contributed by atoms with E-state index < -0.39 is 0 Å². The molecular weight excluding hydrogens is 374 g/mol. The van der Waals surface area contributed by atoms with E-state index in [9.17, 15) is 0 Å². The first kappa shape index (κ1) is 19.0. The number of anilines is 1. The zero-order chi connectivity index (χ0) is 19.5. The average molecular weight is 400 g/mol. The van der Waals surface area contributed by atoms with Crippen molar-refractivity contribution in [2.45, 2.75) is 26.3 Å². The molecule has 1 aromatic carbocycles. The van der Waals surface area contributed by atoms with Gasteiger partial charge >= 0.3 is 0 Å². The fourth-order valence-corrected chi connectivity index (χ4v) is 3.97. The number of hydrogen-bond acceptors (Lipinski definition) is 9. The summed E-state index contributed by atoms with van der Waals surface area (Å²) in [6.07, 6.45) is 0.897. The first-order valence-electron chi connectivity index (χ1n) is 9.53. The van der Waals surface area contributed by atoms with E-state index in [2.05, 4.69) is 56.1 Å². The second-order valence-electron chi connectivity index (χ2n) is 7.16. The van der Waals surface area contributed by atoms with Crippen LogP contribution in [0.25, 0.3) is 11.4 Å². The van der Waals surface area contributed by atoms with E-state index in [4.69, 9.17) is 10.3 Å². The molecule has 3 aromatic rings. The molecule has 0 aliphatic carbocycles. The molecule has 1 unspecified atom stereocenters. The third kappa shape index (κ3) is 4.37. The number of nitrogens with two attached hydrogens (primary N) is 1. The van der Waals surface area contributed by atoms with Crippen LogP contribution >= 0.6 is 11.3 Å². The minimum absolute atomic E-state index is 0.108. The van der Waals surface area contributed by atoms with Gasteiger partial charge in [-0.2, -0.15) is 4.98 Å². The van der Waals surface area contributed by atoms with Crippen LogP contribution in [0.3, 0.4) is 0 Å². The summed E-state index contributed by atoms with van der Waals surface area (Å²) in [4.78, 5) is 9.47. The summed E-state index contributed by atoms with van der Waals surface area (Å²) in [5, 5.41) is 13.7. The average Bonchev–Trinajstić information content (AvgIpc) is 3.36. The third-order valence-electron chi connectivity index (χ3n) is 5.19. The van der Waals surface area contributed by atoms with Crippen LogP contribution in [0.5, 0.6) is 0 Å². The number of nitrogens with zero attached hydrogens (tertiary/aromatic N) is 6. The molecule has 0 saturated carbocycles. The molecule has 0 amide bonds. The van der Waals surface area contributed by atoms with Crippen molar-refractivity contribution in [1.82, 2.24) is 30.1 Å². The molecule has 3 heterocycles. The Balaban J connectivity index is 1.30. The molecular formula is C19H25N7OS. The van der Waals surface area contributed by atoms with Crippen LogP contribution in [0.4, 0.5) is 5.13 Å². The Morgan fingerprint density at radius 3 is 2.57 bits per heavy atom. The van der Waals surface area contributed by atoms with E-state index in [-0.39, 0.29) is 6.04 Å². The van der Waals surface area contributed by atoms with Crippen LogP contribution in [0.2, 0.25) is 0 Å². The number of benzene rings is 1. The van der Waals surface area contributed by atoms with Gasteiger partial charge in [-0.25, -0.2) is 0 Å². The van der Waals surface area contributed by atoms with Crippen LogP contribution in [-0.2, 0) is 6.42 Å². The molecule has 148 valence electrons. The Labute approximate surface area is 168 Å². The lowest BCUT2D eigenvalue weighted by atomic mass is 10.1. The normalized spacial score (nSPS) is 17.1. The highest BCUT2D eigenvalue weighted by Gasteiger charge is 2.26. The Morgan fingerprint density at radius 2 is 1.89 bits per heavy atom. The van der Waals surface area contributed by atoms with Gasteiger partial charge in [0.1, 0.15) is 5.01 Å². The lowest BCUT2D eigenvalue weighted by molar-refractivity contribution is 0.0890. The van der Waals surface area contributed by atoms with Crippen molar-refractivity contribution in [2.24, 2.45) is 0 Å². The van der Waals surface area contributed by atoms with Crippen LogP contribution < -0.4 is 5.73 Å². The topological polar surface area (TPSA) is 97.2 Å². The summed E-state index contributed by atoms with van der Waals surface area (Å²) < 4.78 is 5.56. The highest BCUT2D eigenvalue weighted by atomic mass is 32.1. The molecule has 9 heteroatoms. The van der Waals surface area contributed by atoms with Gasteiger partial charge in [0, 0.05) is 44.7 Å². The maximum atomic E-state index is 5.64. The largest absolute Gasteiger partial charge is 0.374 e. The van der Waals surface area contributed by atoms with Crippen molar-refractivity contribution < 1.29 is 4.52 Å². The molecule has 0 bridgehead atoms. The number of aromatic nitrogens is 4. The summed E-state index contributed by atoms with van der Waals surface area (Å²) in [7, 11) is 0. The number of hydrogen-bond donors (Lipinski definition) is 1. The summed E-state index contributed by atoms with van der Waals surface area (Å²) in [6, 6.07) is 8.28. The Kier molecular flexibility index (Phi) is 5.65. The van der Waals surface area contributed by atoms with Gasteiger partial charge in [-0.15, -0.1) is 10.2 Å². The van der Waals surface area contributed by atoms with Gasteiger partial charge in [0.15, 0.2) is 0 Å². The Hall–Kier alpha value is -2.36. The van der Waals surface area contributed by atoms with E-state index in [0.29, 0.717) is 16.8 Å². The minimum Gasteiger partial charge on any atom is -0.374 e. The number of nitrogen functional groups attached to an aromatic ring is 1. The molecule has 1 atom stereocenters. The van der Waals surface area contributed by atoms with E-state index in [0.717, 1.165) is 49.7 Å². The van der Waals surface area contributed by atoms with Crippen molar-refractivity contribution in [1.29, 1.82) is 0 Å². The van der Waals surface area contributed by atoms with Gasteiger partial charge in [-0.1, -0.05) is 46.3 Å². The number of piperazine rings is 1. The number of aryl methyl sites for hydroxylation is 1. The molecule has 0 spiro atoms. The molecule has 2 N–H and O–H groups in total. The van der Waals surface area contributed by atoms with E-state index in [1.54, 1.807) is 0 Å². The van der Waals surface area contributed by atoms with Crippen molar-refractivity contribution >= 4 is 16.5 Å². The molecule has 1 aliphatic heterocycles. The van der Waals surface area contributed by atoms with Crippen LogP contribution in [0.1, 0.15) is 29.4 Å². The summed E-state index contributed by atoms with van der Waals surface area (Å²) in [5.74, 6) is 1.32. The highest BCUT2D eigenvalue weighted by molar-refractivity contribution is 7.15. The zero-order valence-corrected chi connectivity index (χ0v) is 17.0. The number of rotatable bonds is 6. The Bertz CT molecular complexity index is 899. The molecule has 28 heavy (non-hydrogen) atoms. The van der Waals surface area contributed by atoms with E-state index in [1.165, 1.54) is 16.9 Å². The molecule has 1 saturated heterocycles. The first-order chi connectivity index (χ1) is 13.6. The van der Waals surface area contributed by atoms with Gasteiger partial charge in [0.2, 0.25) is 16.8 Å². The smallest absolute Gasteiger partial charge is 0.244 e. The molecule has 4 rings (SSSR count). The van der Waals surface area contributed by atoms with Crippen molar-refractivity contribution in [2.75, 3.05) is 38.5 Å². The zero-order valence-electron chi connectivity index (χ0n) is 16.2. The van der Waals surface area contributed by atoms with Crippen LogP contribution in [0.15, 0.2) is 28.8 Å². The summed E-state index contributed by atoms with van der Waals surface area (Å²) >= 11 is 1.47. The maximum absolute atomic E-state index is 5.64. The lowest BCUT2D eigenvalue weighted by Crippen LogP contribution is -2.47. The van der Waals surface area contributed by atoms with E-state index >= 15 is 0 Å². The van der Waals surface area contributed by atoms with Crippen molar-refractivity contribution in [3.63, 3.8) is 0 Å². The first-order valence-corrected chi connectivity index (χ1v) is 10.3. The maximum Gasteiger partial charge on any atom is 0.244 e.